The third kappa shape index (κ3) is 2.53. The van der Waals surface area contributed by atoms with Crippen LogP contribution in [0.1, 0.15) is 17.7 Å². The first kappa shape index (κ1) is 14.1. The fourth-order valence-electron chi connectivity index (χ4n) is 1.71. The summed E-state index contributed by atoms with van der Waals surface area (Å²) in [6.07, 6.45) is -2.73. The van der Waals surface area contributed by atoms with E-state index in [0.29, 0.717) is 11.4 Å². The van der Waals surface area contributed by atoms with E-state index in [1.54, 1.807) is 24.3 Å². The number of alkyl halides is 3. The van der Waals surface area contributed by atoms with E-state index in [1.165, 1.54) is 11.8 Å². The molecule has 0 N–H and O–H groups in total. The second-order valence-corrected chi connectivity index (χ2v) is 4.30. The zero-order chi connectivity index (χ0) is 14.0. The summed E-state index contributed by atoms with van der Waals surface area (Å²) in [6.45, 7) is 0. The summed E-state index contributed by atoms with van der Waals surface area (Å²) in [5, 5.41) is 3.89. The molecule has 0 bridgehead atoms. The lowest BCUT2D eigenvalue weighted by Gasteiger charge is -2.08. The summed E-state index contributed by atoms with van der Waals surface area (Å²) < 4.78 is 32.1. The summed E-state index contributed by atoms with van der Waals surface area (Å²) in [5.41, 5.74) is 0.198. The molecule has 0 radical (unpaired) electrons. The number of ether oxygens (including phenoxy) is 1. The minimum Gasteiger partial charge on any atom is -0.494 e. The van der Waals surface area contributed by atoms with Gasteiger partial charge in [-0.3, -0.25) is 0 Å². The largest absolute Gasteiger partial charge is 0.494 e. The van der Waals surface area contributed by atoms with Crippen LogP contribution in [0.2, 0.25) is 5.15 Å². The van der Waals surface area contributed by atoms with Crippen LogP contribution in [0.3, 0.4) is 0 Å². The highest BCUT2D eigenvalue weighted by molar-refractivity contribution is 6.31. The van der Waals surface area contributed by atoms with Gasteiger partial charge in [0.05, 0.1) is 13.0 Å². The van der Waals surface area contributed by atoms with Crippen LogP contribution in [0.5, 0.6) is 5.75 Å². The van der Waals surface area contributed by atoms with Crippen molar-refractivity contribution in [2.45, 2.75) is 12.3 Å². The molecule has 102 valence electrons. The summed E-state index contributed by atoms with van der Waals surface area (Å²) in [5.74, 6) is 0.349. The summed E-state index contributed by atoms with van der Waals surface area (Å²) in [7, 11) is 1.48. The fourth-order valence-corrected chi connectivity index (χ4v) is 2.33. The van der Waals surface area contributed by atoms with Crippen molar-refractivity contribution in [1.29, 1.82) is 0 Å². The van der Waals surface area contributed by atoms with E-state index >= 15 is 0 Å². The lowest BCUT2D eigenvalue weighted by molar-refractivity contribution is 0.144. The first-order valence-corrected chi connectivity index (χ1v) is 6.26. The standard InChI is InChI=1S/C12H10Cl2F2N2O/c1-19-9-5-3-2-4-8(9)18-11(14)7(6-13)10(17-18)12(15)16/h2-5,12H,6H2,1H3. The molecule has 1 heterocycles. The molecule has 2 rings (SSSR count). The molecule has 0 fully saturated rings. The summed E-state index contributed by atoms with van der Waals surface area (Å²) in [4.78, 5) is 0. The predicted molar refractivity (Wildman–Crippen MR) is 69.6 cm³/mol. The molecular weight excluding hydrogens is 297 g/mol. The van der Waals surface area contributed by atoms with Gasteiger partial charge in [-0.1, -0.05) is 23.7 Å². The van der Waals surface area contributed by atoms with Crippen LogP contribution in [0.15, 0.2) is 24.3 Å². The van der Waals surface area contributed by atoms with Gasteiger partial charge in [0.1, 0.15) is 22.3 Å². The van der Waals surface area contributed by atoms with Gasteiger partial charge < -0.3 is 4.74 Å². The molecule has 1 aromatic heterocycles. The van der Waals surface area contributed by atoms with Gasteiger partial charge >= 0.3 is 0 Å². The quantitative estimate of drug-likeness (QED) is 0.791. The third-order valence-electron chi connectivity index (χ3n) is 2.61. The SMILES string of the molecule is COc1ccccc1-n1nc(C(F)F)c(CCl)c1Cl. The van der Waals surface area contributed by atoms with E-state index in [4.69, 9.17) is 27.9 Å². The van der Waals surface area contributed by atoms with Gasteiger partial charge in [-0.15, -0.1) is 11.6 Å². The smallest absolute Gasteiger partial charge is 0.282 e. The molecule has 0 spiro atoms. The van der Waals surface area contributed by atoms with E-state index in [-0.39, 0.29) is 16.6 Å². The molecule has 0 aliphatic rings. The lowest BCUT2D eigenvalue weighted by atomic mass is 10.3. The lowest BCUT2D eigenvalue weighted by Crippen LogP contribution is -2.00. The highest BCUT2D eigenvalue weighted by Gasteiger charge is 2.24. The Labute approximate surface area is 118 Å². The van der Waals surface area contributed by atoms with Gasteiger partial charge in [0.15, 0.2) is 0 Å². The van der Waals surface area contributed by atoms with Crippen LogP contribution >= 0.6 is 23.2 Å². The number of methoxy groups -OCH3 is 1. The van der Waals surface area contributed by atoms with E-state index in [1.807, 2.05) is 0 Å². The maximum absolute atomic E-state index is 12.9. The maximum atomic E-state index is 12.9. The number of benzene rings is 1. The molecule has 0 unspecified atom stereocenters. The van der Waals surface area contributed by atoms with Gasteiger partial charge in [-0.2, -0.15) is 5.10 Å². The first-order chi connectivity index (χ1) is 9.10. The maximum Gasteiger partial charge on any atom is 0.282 e. The molecule has 2 aromatic rings. The molecule has 0 aliphatic carbocycles. The molecule has 3 nitrogen and oxygen atoms in total. The molecular formula is C12H10Cl2F2N2O. The number of rotatable bonds is 4. The van der Waals surface area contributed by atoms with Crippen molar-refractivity contribution in [3.8, 4) is 11.4 Å². The van der Waals surface area contributed by atoms with Crippen molar-refractivity contribution in [2.24, 2.45) is 0 Å². The molecule has 19 heavy (non-hydrogen) atoms. The molecule has 0 saturated carbocycles. The number of para-hydroxylation sites is 2. The highest BCUT2D eigenvalue weighted by Crippen LogP contribution is 2.33. The zero-order valence-electron chi connectivity index (χ0n) is 9.91. The zero-order valence-corrected chi connectivity index (χ0v) is 11.4. The number of aromatic nitrogens is 2. The Bertz CT molecular complexity index is 587. The first-order valence-electron chi connectivity index (χ1n) is 5.35. The van der Waals surface area contributed by atoms with Crippen LogP contribution in [-0.4, -0.2) is 16.9 Å². The minimum atomic E-state index is -2.73. The Hall–Kier alpha value is -1.33. The van der Waals surface area contributed by atoms with Crippen molar-refractivity contribution in [3.63, 3.8) is 0 Å². The molecule has 7 heteroatoms. The second-order valence-electron chi connectivity index (χ2n) is 3.67. The average molecular weight is 307 g/mol. The third-order valence-corrected chi connectivity index (χ3v) is 3.26. The minimum absolute atomic E-state index is 0.0646. The Morgan fingerprint density at radius 1 is 1.37 bits per heavy atom. The average Bonchev–Trinajstić information content (AvgIpc) is 2.75. The van der Waals surface area contributed by atoms with E-state index < -0.39 is 12.1 Å². The van der Waals surface area contributed by atoms with Crippen LogP contribution in [0.25, 0.3) is 5.69 Å². The summed E-state index contributed by atoms with van der Waals surface area (Å²) in [6, 6.07) is 6.86. The van der Waals surface area contributed by atoms with E-state index in [9.17, 15) is 8.78 Å². The van der Waals surface area contributed by atoms with Crippen molar-refractivity contribution in [2.75, 3.05) is 7.11 Å². The number of hydrogen-bond donors (Lipinski definition) is 0. The molecule has 0 saturated heterocycles. The van der Waals surface area contributed by atoms with Crippen LogP contribution in [0.4, 0.5) is 8.78 Å². The van der Waals surface area contributed by atoms with Gasteiger partial charge in [-0.05, 0) is 12.1 Å². The van der Waals surface area contributed by atoms with Crippen molar-refractivity contribution in [3.05, 3.63) is 40.7 Å². The normalized spacial score (nSPS) is 11.1. The Balaban J connectivity index is 2.63. The van der Waals surface area contributed by atoms with Crippen LogP contribution in [-0.2, 0) is 5.88 Å². The van der Waals surface area contributed by atoms with E-state index in [2.05, 4.69) is 5.10 Å². The van der Waals surface area contributed by atoms with Crippen LogP contribution < -0.4 is 4.74 Å². The predicted octanol–water partition coefficient (Wildman–Crippen LogP) is 4.21. The molecule has 0 atom stereocenters. The number of nitrogens with zero attached hydrogens (tertiary/aromatic N) is 2. The Morgan fingerprint density at radius 2 is 2.05 bits per heavy atom. The Kier molecular flexibility index (Phi) is 4.27. The highest BCUT2D eigenvalue weighted by atomic mass is 35.5. The Morgan fingerprint density at radius 3 is 2.58 bits per heavy atom. The molecule has 0 aliphatic heterocycles. The van der Waals surface area contributed by atoms with Crippen molar-refractivity contribution < 1.29 is 13.5 Å². The number of hydrogen-bond acceptors (Lipinski definition) is 2. The van der Waals surface area contributed by atoms with Gasteiger partial charge in [0, 0.05) is 5.56 Å². The van der Waals surface area contributed by atoms with E-state index in [0.717, 1.165) is 0 Å². The van der Waals surface area contributed by atoms with Gasteiger partial charge in [-0.25, -0.2) is 13.5 Å². The molecule has 0 amide bonds. The molecule has 1 aromatic carbocycles. The van der Waals surface area contributed by atoms with Crippen molar-refractivity contribution in [1.82, 2.24) is 9.78 Å². The van der Waals surface area contributed by atoms with Gasteiger partial charge in [0.2, 0.25) is 0 Å². The monoisotopic (exact) mass is 306 g/mol. The fraction of sp³-hybridized carbons (Fsp3) is 0.250. The second kappa shape index (κ2) is 5.75. The summed E-state index contributed by atoms with van der Waals surface area (Å²) >= 11 is 11.7. The number of halogens is 4. The van der Waals surface area contributed by atoms with Gasteiger partial charge in [0.25, 0.3) is 6.43 Å². The topological polar surface area (TPSA) is 27.1 Å². The van der Waals surface area contributed by atoms with Crippen molar-refractivity contribution >= 4 is 23.2 Å². The van der Waals surface area contributed by atoms with Crippen LogP contribution in [0, 0.1) is 0 Å².